The summed E-state index contributed by atoms with van der Waals surface area (Å²) in [5.74, 6) is 2.18. The van der Waals surface area contributed by atoms with Crippen molar-refractivity contribution >= 4 is 23.5 Å². The minimum Gasteiger partial charge on any atom is -0.143 e. The van der Waals surface area contributed by atoms with Crippen molar-refractivity contribution < 1.29 is 0 Å². The molecular formula is C25H28S2. The highest BCUT2D eigenvalue weighted by atomic mass is 32.2. The van der Waals surface area contributed by atoms with Crippen LogP contribution in [0.3, 0.4) is 0 Å². The molecule has 0 fully saturated rings. The Morgan fingerprint density at radius 1 is 0.630 bits per heavy atom. The van der Waals surface area contributed by atoms with Crippen LogP contribution in [0, 0.1) is 13.8 Å². The average molecular weight is 393 g/mol. The van der Waals surface area contributed by atoms with Gasteiger partial charge in [0.15, 0.2) is 0 Å². The molecule has 0 atom stereocenters. The van der Waals surface area contributed by atoms with Gasteiger partial charge in [0.2, 0.25) is 0 Å². The molecule has 0 aromatic heterocycles. The van der Waals surface area contributed by atoms with Crippen LogP contribution in [0.15, 0.2) is 78.9 Å². The molecule has 0 spiro atoms. The van der Waals surface area contributed by atoms with E-state index in [0.717, 1.165) is 17.9 Å². The normalized spacial score (nSPS) is 11.1. The van der Waals surface area contributed by atoms with Gasteiger partial charge in [-0.1, -0.05) is 78.9 Å². The van der Waals surface area contributed by atoms with Crippen molar-refractivity contribution in [2.24, 2.45) is 0 Å². The van der Waals surface area contributed by atoms with Crippen molar-refractivity contribution in [1.29, 1.82) is 0 Å². The van der Waals surface area contributed by atoms with Crippen molar-refractivity contribution in [2.45, 2.75) is 42.8 Å². The fourth-order valence-corrected chi connectivity index (χ4v) is 5.79. The third-order valence-corrected chi connectivity index (χ3v) is 7.87. The topological polar surface area (TPSA) is 0 Å². The van der Waals surface area contributed by atoms with Crippen LogP contribution in [-0.2, 0) is 17.9 Å². The number of aryl methyl sites for hydroxylation is 3. The molecule has 0 nitrogen and oxygen atoms in total. The van der Waals surface area contributed by atoms with E-state index in [1.165, 1.54) is 34.2 Å². The molecular weight excluding hydrogens is 364 g/mol. The Hall–Kier alpha value is -1.64. The molecule has 0 bridgehead atoms. The summed E-state index contributed by atoms with van der Waals surface area (Å²) in [7, 11) is 0. The predicted octanol–water partition coefficient (Wildman–Crippen LogP) is 7.43. The van der Waals surface area contributed by atoms with Gasteiger partial charge in [0.1, 0.15) is 0 Å². The van der Waals surface area contributed by atoms with Crippen molar-refractivity contribution in [3.63, 3.8) is 0 Å². The monoisotopic (exact) mass is 392 g/mol. The quantitative estimate of drug-likeness (QED) is 0.347. The Bertz CT molecular complexity index is 777. The van der Waals surface area contributed by atoms with Gasteiger partial charge in [0, 0.05) is 11.5 Å². The summed E-state index contributed by atoms with van der Waals surface area (Å²) in [6.45, 7) is 4.44. The second-order valence-electron chi connectivity index (χ2n) is 6.93. The highest BCUT2D eigenvalue weighted by molar-refractivity contribution is 8.16. The Labute approximate surface area is 172 Å². The first-order chi connectivity index (χ1) is 13.2. The lowest BCUT2D eigenvalue weighted by Gasteiger charge is -2.18. The molecule has 27 heavy (non-hydrogen) atoms. The Morgan fingerprint density at radius 3 is 1.63 bits per heavy atom. The van der Waals surface area contributed by atoms with Gasteiger partial charge >= 0.3 is 0 Å². The van der Waals surface area contributed by atoms with Crippen molar-refractivity contribution in [3.05, 3.63) is 107 Å². The zero-order valence-corrected chi connectivity index (χ0v) is 17.9. The average Bonchev–Trinajstić information content (AvgIpc) is 2.70. The van der Waals surface area contributed by atoms with E-state index in [9.17, 15) is 0 Å². The number of hydrogen-bond acceptors (Lipinski definition) is 2. The predicted molar refractivity (Wildman–Crippen MR) is 123 cm³/mol. The van der Waals surface area contributed by atoms with Crippen LogP contribution in [0.5, 0.6) is 0 Å². The van der Waals surface area contributed by atoms with E-state index in [2.05, 4.69) is 116 Å². The largest absolute Gasteiger partial charge is 0.143 e. The summed E-state index contributed by atoms with van der Waals surface area (Å²) in [6, 6.07) is 28.4. The first kappa shape index (κ1) is 20.1. The van der Waals surface area contributed by atoms with Gasteiger partial charge < -0.3 is 0 Å². The minimum absolute atomic E-state index is 0.601. The van der Waals surface area contributed by atoms with Crippen LogP contribution in [0.4, 0.5) is 0 Å². The first-order valence-electron chi connectivity index (χ1n) is 9.58. The third kappa shape index (κ3) is 6.48. The summed E-state index contributed by atoms with van der Waals surface area (Å²) in [6.07, 6.45) is 2.35. The fourth-order valence-electron chi connectivity index (χ4n) is 3.05. The summed E-state index contributed by atoms with van der Waals surface area (Å²) in [4.78, 5) is 0. The molecule has 0 aliphatic carbocycles. The van der Waals surface area contributed by atoms with Crippen LogP contribution in [-0.4, -0.2) is 4.58 Å². The van der Waals surface area contributed by atoms with Crippen molar-refractivity contribution in [2.75, 3.05) is 0 Å². The van der Waals surface area contributed by atoms with Crippen LogP contribution >= 0.6 is 23.5 Å². The summed E-state index contributed by atoms with van der Waals surface area (Å²) >= 11 is 4.19. The maximum absolute atomic E-state index is 2.27. The van der Waals surface area contributed by atoms with Gasteiger partial charge in [0.05, 0.1) is 4.58 Å². The highest BCUT2D eigenvalue weighted by Gasteiger charge is 2.12. The molecule has 0 saturated heterocycles. The van der Waals surface area contributed by atoms with E-state index in [-0.39, 0.29) is 0 Å². The first-order valence-corrected chi connectivity index (χ1v) is 11.7. The Balaban J connectivity index is 1.62. The molecule has 0 aliphatic rings. The Morgan fingerprint density at radius 2 is 1.11 bits per heavy atom. The SMILES string of the molecule is Cc1ccccc1CSC(CCc1ccccc1)SCc1ccccc1C. The molecule has 0 radical (unpaired) electrons. The Kier molecular flexibility index (Phi) is 7.92. The van der Waals surface area contributed by atoms with Crippen LogP contribution in [0.2, 0.25) is 0 Å². The summed E-state index contributed by atoms with van der Waals surface area (Å²) in [5, 5.41) is 0. The van der Waals surface area contributed by atoms with Crippen LogP contribution < -0.4 is 0 Å². The van der Waals surface area contributed by atoms with Gasteiger partial charge in [-0.25, -0.2) is 0 Å². The fraction of sp³-hybridized carbons (Fsp3) is 0.280. The van der Waals surface area contributed by atoms with Crippen molar-refractivity contribution in [3.8, 4) is 0 Å². The molecule has 2 heteroatoms. The zero-order chi connectivity index (χ0) is 18.9. The lowest BCUT2D eigenvalue weighted by Crippen LogP contribution is -2.02. The van der Waals surface area contributed by atoms with Crippen LogP contribution in [0.1, 0.15) is 34.2 Å². The maximum Gasteiger partial charge on any atom is 0.0512 e. The van der Waals surface area contributed by atoms with E-state index >= 15 is 0 Å². The molecule has 3 rings (SSSR count). The molecule has 0 N–H and O–H groups in total. The minimum atomic E-state index is 0.601. The molecule has 3 aromatic rings. The van der Waals surface area contributed by atoms with E-state index in [0.29, 0.717) is 4.58 Å². The van der Waals surface area contributed by atoms with E-state index in [1.807, 2.05) is 0 Å². The maximum atomic E-state index is 2.27. The number of benzene rings is 3. The lowest BCUT2D eigenvalue weighted by molar-refractivity contribution is 0.902. The number of rotatable bonds is 9. The molecule has 0 unspecified atom stereocenters. The van der Waals surface area contributed by atoms with Crippen molar-refractivity contribution in [1.82, 2.24) is 0 Å². The van der Waals surface area contributed by atoms with Gasteiger partial charge in [-0.05, 0) is 54.5 Å². The molecule has 0 aliphatic heterocycles. The summed E-state index contributed by atoms with van der Waals surface area (Å²) < 4.78 is 0.601. The van der Waals surface area contributed by atoms with E-state index in [4.69, 9.17) is 0 Å². The van der Waals surface area contributed by atoms with Gasteiger partial charge in [-0.2, -0.15) is 0 Å². The standard InChI is InChI=1S/C25H28S2/c1-20-10-6-8-14-23(20)18-26-25(17-16-22-12-4-3-5-13-22)27-19-24-15-9-7-11-21(24)2/h3-15,25H,16-19H2,1-2H3. The van der Waals surface area contributed by atoms with Gasteiger partial charge in [0.25, 0.3) is 0 Å². The van der Waals surface area contributed by atoms with E-state index in [1.54, 1.807) is 0 Å². The molecule has 0 amide bonds. The lowest BCUT2D eigenvalue weighted by atomic mass is 10.1. The number of hydrogen-bond donors (Lipinski definition) is 0. The van der Waals surface area contributed by atoms with Gasteiger partial charge in [-0.15, -0.1) is 23.5 Å². The summed E-state index contributed by atoms with van der Waals surface area (Å²) in [5.41, 5.74) is 7.16. The van der Waals surface area contributed by atoms with Crippen LogP contribution in [0.25, 0.3) is 0 Å². The molecule has 0 saturated carbocycles. The zero-order valence-electron chi connectivity index (χ0n) is 16.2. The van der Waals surface area contributed by atoms with E-state index < -0.39 is 0 Å². The van der Waals surface area contributed by atoms with Gasteiger partial charge in [-0.3, -0.25) is 0 Å². The molecule has 0 heterocycles. The smallest absolute Gasteiger partial charge is 0.0512 e. The second kappa shape index (κ2) is 10.6. The number of thioether (sulfide) groups is 2. The molecule has 140 valence electrons. The second-order valence-corrected chi connectivity index (χ2v) is 9.61. The third-order valence-electron chi connectivity index (χ3n) is 4.88. The highest BCUT2D eigenvalue weighted by Crippen LogP contribution is 2.34. The molecule has 3 aromatic carbocycles.